The van der Waals surface area contributed by atoms with Gasteiger partial charge in [0.1, 0.15) is 5.82 Å². The summed E-state index contributed by atoms with van der Waals surface area (Å²) in [6.45, 7) is 2.07. The van der Waals surface area contributed by atoms with Crippen molar-refractivity contribution in [2.24, 2.45) is 0 Å². The molecule has 0 bridgehead atoms. The SMILES string of the molecule is Cc1sc(-c2cccc(N)n2)cc1Br. The summed E-state index contributed by atoms with van der Waals surface area (Å²) in [5.74, 6) is 0.560. The van der Waals surface area contributed by atoms with Crippen molar-refractivity contribution < 1.29 is 0 Å². The van der Waals surface area contributed by atoms with E-state index in [0.717, 1.165) is 15.0 Å². The average Bonchev–Trinajstić information content (AvgIpc) is 2.47. The van der Waals surface area contributed by atoms with Crippen LogP contribution in [0.3, 0.4) is 0 Å². The largest absolute Gasteiger partial charge is 0.384 e. The molecule has 0 fully saturated rings. The summed E-state index contributed by atoms with van der Waals surface area (Å²) in [5, 5.41) is 0. The minimum absolute atomic E-state index is 0.560. The minimum atomic E-state index is 0.560. The van der Waals surface area contributed by atoms with Gasteiger partial charge in [0.05, 0.1) is 10.6 Å². The van der Waals surface area contributed by atoms with Crippen LogP contribution < -0.4 is 5.73 Å². The molecular weight excluding hydrogens is 260 g/mol. The molecule has 2 heterocycles. The monoisotopic (exact) mass is 268 g/mol. The standard InChI is InChI=1S/C10H9BrN2S/c1-6-7(11)5-9(14-6)8-3-2-4-10(12)13-8/h2-5H,1H3,(H2,12,13). The number of aryl methyl sites for hydroxylation is 1. The van der Waals surface area contributed by atoms with Crippen LogP contribution >= 0.6 is 27.3 Å². The van der Waals surface area contributed by atoms with E-state index in [9.17, 15) is 0 Å². The Labute approximate surface area is 94.9 Å². The molecule has 72 valence electrons. The zero-order valence-electron chi connectivity index (χ0n) is 7.62. The fraction of sp³-hybridized carbons (Fsp3) is 0.100. The summed E-state index contributed by atoms with van der Waals surface area (Å²) in [6, 6.07) is 7.75. The number of halogens is 1. The Balaban J connectivity index is 2.49. The van der Waals surface area contributed by atoms with Crippen molar-refractivity contribution in [1.82, 2.24) is 4.98 Å². The number of thiophene rings is 1. The summed E-state index contributed by atoms with van der Waals surface area (Å²) < 4.78 is 1.13. The maximum absolute atomic E-state index is 5.62. The highest BCUT2D eigenvalue weighted by atomic mass is 79.9. The van der Waals surface area contributed by atoms with Crippen molar-refractivity contribution in [3.63, 3.8) is 0 Å². The second-order valence-electron chi connectivity index (χ2n) is 2.96. The lowest BCUT2D eigenvalue weighted by molar-refractivity contribution is 1.35. The third kappa shape index (κ3) is 1.81. The van der Waals surface area contributed by atoms with Crippen LogP contribution in [0.5, 0.6) is 0 Å². The van der Waals surface area contributed by atoms with E-state index in [2.05, 4.69) is 33.9 Å². The van der Waals surface area contributed by atoms with Gasteiger partial charge in [-0.25, -0.2) is 4.98 Å². The summed E-state index contributed by atoms with van der Waals surface area (Å²) >= 11 is 5.19. The second-order valence-corrected chi connectivity index (χ2v) is 5.07. The summed E-state index contributed by atoms with van der Waals surface area (Å²) in [5.41, 5.74) is 6.56. The molecule has 2 aromatic rings. The van der Waals surface area contributed by atoms with E-state index in [1.807, 2.05) is 12.1 Å². The van der Waals surface area contributed by atoms with Gasteiger partial charge in [-0.05, 0) is 41.1 Å². The van der Waals surface area contributed by atoms with Crippen LogP contribution in [0.1, 0.15) is 4.88 Å². The lowest BCUT2D eigenvalue weighted by Gasteiger charge is -1.96. The number of anilines is 1. The fourth-order valence-electron chi connectivity index (χ4n) is 1.17. The molecule has 4 heteroatoms. The molecule has 0 aromatic carbocycles. The van der Waals surface area contributed by atoms with E-state index in [1.165, 1.54) is 4.88 Å². The topological polar surface area (TPSA) is 38.9 Å². The van der Waals surface area contributed by atoms with Gasteiger partial charge >= 0.3 is 0 Å². The van der Waals surface area contributed by atoms with Crippen molar-refractivity contribution in [1.29, 1.82) is 0 Å². The van der Waals surface area contributed by atoms with Gasteiger partial charge in [0.15, 0.2) is 0 Å². The highest BCUT2D eigenvalue weighted by Gasteiger charge is 2.06. The molecule has 2 nitrogen and oxygen atoms in total. The first-order valence-corrected chi connectivity index (χ1v) is 5.76. The molecule has 2 rings (SSSR count). The molecule has 0 aliphatic heterocycles. The molecule has 0 radical (unpaired) electrons. The molecule has 0 unspecified atom stereocenters. The lowest BCUT2D eigenvalue weighted by atomic mass is 10.3. The molecule has 0 saturated heterocycles. The van der Waals surface area contributed by atoms with Gasteiger partial charge < -0.3 is 5.73 Å². The maximum atomic E-state index is 5.62. The van der Waals surface area contributed by atoms with Crippen LogP contribution in [0.2, 0.25) is 0 Å². The third-order valence-corrected chi connectivity index (χ3v) is 4.04. The Bertz CT molecular complexity index is 445. The number of nitrogens with two attached hydrogens (primary N) is 1. The van der Waals surface area contributed by atoms with Crippen LogP contribution in [0.4, 0.5) is 5.82 Å². The zero-order chi connectivity index (χ0) is 10.1. The fourth-order valence-corrected chi connectivity index (χ4v) is 2.68. The highest BCUT2D eigenvalue weighted by molar-refractivity contribution is 9.10. The molecule has 0 spiro atoms. The Morgan fingerprint density at radius 3 is 2.79 bits per heavy atom. The van der Waals surface area contributed by atoms with Crippen molar-refractivity contribution in [3.8, 4) is 10.6 Å². The number of hydrogen-bond acceptors (Lipinski definition) is 3. The zero-order valence-corrected chi connectivity index (χ0v) is 10.0. The predicted octanol–water partition coefficient (Wildman–Crippen LogP) is 3.46. The van der Waals surface area contributed by atoms with E-state index in [4.69, 9.17) is 5.73 Å². The normalized spacial score (nSPS) is 10.4. The van der Waals surface area contributed by atoms with Crippen LogP contribution in [-0.2, 0) is 0 Å². The van der Waals surface area contributed by atoms with Crippen LogP contribution in [-0.4, -0.2) is 4.98 Å². The maximum Gasteiger partial charge on any atom is 0.124 e. The molecule has 0 atom stereocenters. The van der Waals surface area contributed by atoms with Crippen molar-refractivity contribution in [2.75, 3.05) is 5.73 Å². The summed E-state index contributed by atoms with van der Waals surface area (Å²) in [6.07, 6.45) is 0. The van der Waals surface area contributed by atoms with E-state index < -0.39 is 0 Å². The number of hydrogen-bond donors (Lipinski definition) is 1. The van der Waals surface area contributed by atoms with Gasteiger partial charge in [-0.2, -0.15) is 0 Å². The molecule has 14 heavy (non-hydrogen) atoms. The Kier molecular flexibility index (Phi) is 2.56. The smallest absolute Gasteiger partial charge is 0.124 e. The first-order chi connectivity index (χ1) is 6.66. The van der Waals surface area contributed by atoms with Gasteiger partial charge in [0.2, 0.25) is 0 Å². The van der Waals surface area contributed by atoms with Gasteiger partial charge in [-0.1, -0.05) is 6.07 Å². The van der Waals surface area contributed by atoms with Crippen molar-refractivity contribution in [2.45, 2.75) is 6.92 Å². The first-order valence-electron chi connectivity index (χ1n) is 4.15. The van der Waals surface area contributed by atoms with Crippen LogP contribution in [0.15, 0.2) is 28.7 Å². The Hall–Kier alpha value is -0.870. The molecule has 2 aromatic heterocycles. The first kappa shape index (κ1) is 9.68. The van der Waals surface area contributed by atoms with Crippen LogP contribution in [0, 0.1) is 6.92 Å². The number of nitrogen functional groups attached to an aromatic ring is 1. The highest BCUT2D eigenvalue weighted by Crippen LogP contribution is 2.33. The van der Waals surface area contributed by atoms with Gasteiger partial charge in [0, 0.05) is 9.35 Å². The van der Waals surface area contributed by atoms with E-state index in [1.54, 1.807) is 17.4 Å². The molecule has 0 aliphatic carbocycles. The Morgan fingerprint density at radius 1 is 1.43 bits per heavy atom. The molecule has 0 saturated carbocycles. The third-order valence-electron chi connectivity index (χ3n) is 1.88. The number of nitrogens with zero attached hydrogens (tertiary/aromatic N) is 1. The molecular formula is C10H9BrN2S. The number of pyridine rings is 1. The van der Waals surface area contributed by atoms with Gasteiger partial charge in [-0.3, -0.25) is 0 Å². The molecule has 2 N–H and O–H groups in total. The summed E-state index contributed by atoms with van der Waals surface area (Å²) in [7, 11) is 0. The van der Waals surface area contributed by atoms with Crippen molar-refractivity contribution in [3.05, 3.63) is 33.6 Å². The quantitative estimate of drug-likeness (QED) is 0.861. The molecule has 0 amide bonds. The Morgan fingerprint density at radius 2 is 2.21 bits per heavy atom. The average molecular weight is 269 g/mol. The number of rotatable bonds is 1. The predicted molar refractivity (Wildman–Crippen MR) is 64.4 cm³/mol. The number of aromatic nitrogens is 1. The minimum Gasteiger partial charge on any atom is -0.384 e. The summed E-state index contributed by atoms with van der Waals surface area (Å²) in [4.78, 5) is 6.66. The van der Waals surface area contributed by atoms with Gasteiger partial charge in [0.25, 0.3) is 0 Å². The van der Waals surface area contributed by atoms with Crippen molar-refractivity contribution >= 4 is 33.1 Å². The van der Waals surface area contributed by atoms with E-state index in [0.29, 0.717) is 5.82 Å². The molecule has 0 aliphatic rings. The van der Waals surface area contributed by atoms with Gasteiger partial charge in [-0.15, -0.1) is 11.3 Å². The second kappa shape index (κ2) is 3.71. The van der Waals surface area contributed by atoms with Crippen LogP contribution in [0.25, 0.3) is 10.6 Å². The van der Waals surface area contributed by atoms with E-state index >= 15 is 0 Å². The lowest BCUT2D eigenvalue weighted by Crippen LogP contribution is -1.89. The van der Waals surface area contributed by atoms with E-state index in [-0.39, 0.29) is 0 Å².